The van der Waals surface area contributed by atoms with Gasteiger partial charge in [-0.05, 0) is 31.2 Å². The highest BCUT2D eigenvalue weighted by atomic mass is 16.5. The van der Waals surface area contributed by atoms with Crippen molar-refractivity contribution in [3.05, 3.63) is 54.4 Å². The number of anilines is 1. The number of pyridine rings is 1. The number of carbonyl (C=O) groups excluding carboxylic acids is 2. The number of nitrogens with zero attached hydrogens (tertiary/aromatic N) is 2. The minimum absolute atomic E-state index is 0.113. The average molecular weight is 327 g/mol. The van der Waals surface area contributed by atoms with Crippen molar-refractivity contribution < 1.29 is 14.3 Å². The molecule has 0 aliphatic heterocycles. The molecule has 126 valence electrons. The fourth-order valence-corrected chi connectivity index (χ4v) is 2.29. The van der Waals surface area contributed by atoms with Crippen molar-refractivity contribution in [2.24, 2.45) is 0 Å². The Bertz CT molecular complexity index is 689. The van der Waals surface area contributed by atoms with Crippen molar-refractivity contribution in [1.82, 2.24) is 10.3 Å². The third-order valence-electron chi connectivity index (χ3n) is 3.38. The lowest BCUT2D eigenvalue weighted by Gasteiger charge is -2.23. The van der Waals surface area contributed by atoms with Crippen molar-refractivity contribution in [3.63, 3.8) is 0 Å². The molecule has 0 bridgehead atoms. The topological polar surface area (TPSA) is 71.5 Å². The number of para-hydroxylation sites is 2. The van der Waals surface area contributed by atoms with Crippen LogP contribution in [0.1, 0.15) is 24.2 Å². The molecular weight excluding hydrogens is 306 g/mol. The van der Waals surface area contributed by atoms with E-state index in [1.165, 1.54) is 13.1 Å². The van der Waals surface area contributed by atoms with Gasteiger partial charge in [0.25, 0.3) is 5.91 Å². The zero-order valence-electron chi connectivity index (χ0n) is 13.9. The number of benzene rings is 1. The SMILES string of the molecule is CCOc1ccccc1N(CCNC(=O)c1cccnc1)C(C)=O. The number of aromatic nitrogens is 1. The summed E-state index contributed by atoms with van der Waals surface area (Å²) in [5, 5.41) is 2.79. The van der Waals surface area contributed by atoms with Crippen LogP contribution in [0.5, 0.6) is 5.75 Å². The molecule has 0 fully saturated rings. The summed E-state index contributed by atoms with van der Waals surface area (Å²) in [6, 6.07) is 10.8. The van der Waals surface area contributed by atoms with Crippen LogP contribution in [0.2, 0.25) is 0 Å². The number of carbonyl (C=O) groups is 2. The van der Waals surface area contributed by atoms with E-state index in [0.29, 0.717) is 36.7 Å². The van der Waals surface area contributed by atoms with E-state index < -0.39 is 0 Å². The normalized spacial score (nSPS) is 10.1. The molecular formula is C18H21N3O3. The van der Waals surface area contributed by atoms with Gasteiger partial charge in [0, 0.05) is 32.4 Å². The molecule has 0 saturated carbocycles. The molecule has 0 unspecified atom stereocenters. The average Bonchev–Trinajstić information content (AvgIpc) is 2.60. The van der Waals surface area contributed by atoms with E-state index in [-0.39, 0.29) is 11.8 Å². The molecule has 24 heavy (non-hydrogen) atoms. The third kappa shape index (κ3) is 4.55. The van der Waals surface area contributed by atoms with Gasteiger partial charge in [-0.3, -0.25) is 14.6 Å². The summed E-state index contributed by atoms with van der Waals surface area (Å²) in [5.74, 6) is 0.316. The van der Waals surface area contributed by atoms with Crippen LogP contribution in [0.4, 0.5) is 5.69 Å². The fraction of sp³-hybridized carbons (Fsp3) is 0.278. The van der Waals surface area contributed by atoms with Crippen molar-refractivity contribution in [2.75, 3.05) is 24.6 Å². The molecule has 0 aliphatic carbocycles. The summed E-state index contributed by atoms with van der Waals surface area (Å²) in [6.45, 7) is 4.58. The molecule has 1 aromatic carbocycles. The molecule has 0 aliphatic rings. The Morgan fingerprint density at radius 1 is 1.21 bits per heavy atom. The summed E-state index contributed by atoms with van der Waals surface area (Å²) >= 11 is 0. The molecule has 1 N–H and O–H groups in total. The molecule has 2 amide bonds. The third-order valence-corrected chi connectivity index (χ3v) is 3.38. The highest BCUT2D eigenvalue weighted by Crippen LogP contribution is 2.27. The number of ether oxygens (including phenoxy) is 1. The van der Waals surface area contributed by atoms with Gasteiger partial charge in [-0.25, -0.2) is 0 Å². The van der Waals surface area contributed by atoms with Crippen LogP contribution in [0.15, 0.2) is 48.8 Å². The lowest BCUT2D eigenvalue weighted by atomic mass is 10.2. The predicted molar refractivity (Wildman–Crippen MR) is 92.2 cm³/mol. The smallest absolute Gasteiger partial charge is 0.252 e. The van der Waals surface area contributed by atoms with Crippen molar-refractivity contribution in [3.8, 4) is 5.75 Å². The summed E-state index contributed by atoms with van der Waals surface area (Å²) in [4.78, 5) is 29.5. The largest absolute Gasteiger partial charge is 0.492 e. The van der Waals surface area contributed by atoms with Crippen LogP contribution in [0.3, 0.4) is 0 Å². The van der Waals surface area contributed by atoms with Crippen LogP contribution in [-0.2, 0) is 4.79 Å². The maximum Gasteiger partial charge on any atom is 0.252 e. The monoisotopic (exact) mass is 327 g/mol. The van der Waals surface area contributed by atoms with Crippen molar-refractivity contribution in [2.45, 2.75) is 13.8 Å². The number of nitrogens with one attached hydrogen (secondary N) is 1. The molecule has 6 nitrogen and oxygen atoms in total. The summed E-state index contributed by atoms with van der Waals surface area (Å²) in [5.41, 5.74) is 1.18. The molecule has 0 atom stereocenters. The van der Waals surface area contributed by atoms with Crippen LogP contribution >= 0.6 is 0 Å². The van der Waals surface area contributed by atoms with Gasteiger partial charge in [-0.2, -0.15) is 0 Å². The van der Waals surface area contributed by atoms with E-state index in [4.69, 9.17) is 4.74 Å². The molecule has 0 saturated heterocycles. The van der Waals surface area contributed by atoms with Gasteiger partial charge in [-0.1, -0.05) is 12.1 Å². The Morgan fingerprint density at radius 2 is 2.00 bits per heavy atom. The Balaban J connectivity index is 2.02. The molecule has 2 rings (SSSR count). The Kier molecular flexibility index (Phi) is 6.31. The van der Waals surface area contributed by atoms with Crippen LogP contribution in [0, 0.1) is 0 Å². The van der Waals surface area contributed by atoms with E-state index in [9.17, 15) is 9.59 Å². The number of hydrogen-bond acceptors (Lipinski definition) is 4. The zero-order chi connectivity index (χ0) is 17.4. The Morgan fingerprint density at radius 3 is 2.67 bits per heavy atom. The van der Waals surface area contributed by atoms with Crippen molar-refractivity contribution in [1.29, 1.82) is 0 Å². The first-order chi connectivity index (χ1) is 11.6. The number of hydrogen-bond donors (Lipinski definition) is 1. The van der Waals surface area contributed by atoms with Gasteiger partial charge in [-0.15, -0.1) is 0 Å². The summed E-state index contributed by atoms with van der Waals surface area (Å²) in [7, 11) is 0. The molecule has 0 spiro atoms. The van der Waals surface area contributed by atoms with E-state index in [2.05, 4.69) is 10.3 Å². The first-order valence-electron chi connectivity index (χ1n) is 7.81. The number of amides is 2. The molecule has 2 aromatic rings. The van der Waals surface area contributed by atoms with E-state index in [1.807, 2.05) is 31.2 Å². The molecule has 1 aromatic heterocycles. The highest BCUT2D eigenvalue weighted by Gasteiger charge is 2.16. The number of rotatable bonds is 7. The van der Waals surface area contributed by atoms with Crippen LogP contribution < -0.4 is 15.0 Å². The van der Waals surface area contributed by atoms with E-state index in [1.54, 1.807) is 23.2 Å². The quantitative estimate of drug-likeness (QED) is 0.847. The van der Waals surface area contributed by atoms with Gasteiger partial charge in [0.1, 0.15) is 5.75 Å². The lowest BCUT2D eigenvalue weighted by molar-refractivity contribution is -0.116. The van der Waals surface area contributed by atoms with Crippen LogP contribution in [-0.4, -0.2) is 36.5 Å². The van der Waals surface area contributed by atoms with Gasteiger partial charge in [0.2, 0.25) is 5.91 Å². The summed E-state index contributed by atoms with van der Waals surface area (Å²) in [6.07, 6.45) is 3.11. The van der Waals surface area contributed by atoms with Crippen LogP contribution in [0.25, 0.3) is 0 Å². The zero-order valence-corrected chi connectivity index (χ0v) is 13.9. The first kappa shape index (κ1) is 17.5. The highest BCUT2D eigenvalue weighted by molar-refractivity contribution is 5.95. The van der Waals surface area contributed by atoms with Gasteiger partial charge in [0.15, 0.2) is 0 Å². The fourth-order valence-electron chi connectivity index (χ4n) is 2.29. The van der Waals surface area contributed by atoms with Crippen molar-refractivity contribution >= 4 is 17.5 Å². The van der Waals surface area contributed by atoms with Gasteiger partial charge < -0.3 is 15.0 Å². The van der Waals surface area contributed by atoms with Gasteiger partial charge in [0.05, 0.1) is 17.9 Å². The van der Waals surface area contributed by atoms with E-state index >= 15 is 0 Å². The molecule has 1 heterocycles. The van der Waals surface area contributed by atoms with Gasteiger partial charge >= 0.3 is 0 Å². The Labute approximate surface area is 141 Å². The molecule has 6 heteroatoms. The first-order valence-corrected chi connectivity index (χ1v) is 7.81. The Hall–Kier alpha value is -2.89. The standard InChI is InChI=1S/C18H21N3O3/c1-3-24-17-9-5-4-8-16(17)21(14(2)22)12-11-20-18(23)15-7-6-10-19-13-15/h4-10,13H,3,11-12H2,1-2H3,(H,20,23). The minimum Gasteiger partial charge on any atom is -0.492 e. The predicted octanol–water partition coefficient (Wildman–Crippen LogP) is 2.26. The van der Waals surface area contributed by atoms with E-state index in [0.717, 1.165) is 0 Å². The maximum atomic E-state index is 12.0. The summed E-state index contributed by atoms with van der Waals surface area (Å²) < 4.78 is 5.58. The lowest BCUT2D eigenvalue weighted by Crippen LogP contribution is -2.37. The minimum atomic E-state index is -0.218. The molecule has 0 radical (unpaired) electrons. The second-order valence-electron chi connectivity index (χ2n) is 5.07. The second-order valence-corrected chi connectivity index (χ2v) is 5.07. The second kappa shape index (κ2) is 8.67. The maximum absolute atomic E-state index is 12.0.